The summed E-state index contributed by atoms with van der Waals surface area (Å²) < 4.78 is 0. The zero-order chi connectivity index (χ0) is 17.7. The summed E-state index contributed by atoms with van der Waals surface area (Å²) in [6.45, 7) is 5.38. The van der Waals surface area contributed by atoms with Crippen molar-refractivity contribution in [2.24, 2.45) is 16.6 Å². The molecule has 24 heavy (non-hydrogen) atoms. The number of aldehydes is 1. The van der Waals surface area contributed by atoms with Crippen LogP contribution in [0.25, 0.3) is 0 Å². The first kappa shape index (κ1) is 18.2. The molecule has 0 saturated carbocycles. The smallest absolute Gasteiger partial charge is 0.132 e. The van der Waals surface area contributed by atoms with E-state index in [4.69, 9.17) is 22.4 Å². The minimum absolute atomic E-state index is 0.111. The molecular formula is C18H22ClN3O2. The number of rotatable bonds is 6. The summed E-state index contributed by atoms with van der Waals surface area (Å²) in [5.41, 5.74) is 9.49. The number of carbonyl (C=O) groups excluding carboxylic acids is 1. The number of likely N-dealkylation sites (N-methyl/N-ethyl adjacent to an activating group) is 1. The van der Waals surface area contributed by atoms with Crippen LogP contribution in [0, 0.1) is 5.92 Å². The number of hydrogen-bond acceptors (Lipinski definition) is 5. The highest BCUT2D eigenvalue weighted by Crippen LogP contribution is 2.30. The molecule has 3 N–H and O–H groups in total. The van der Waals surface area contributed by atoms with Crippen molar-refractivity contribution in [3.63, 3.8) is 0 Å². The molecule has 6 heteroatoms. The number of benzene rings is 1. The van der Waals surface area contributed by atoms with Gasteiger partial charge in [0.1, 0.15) is 6.29 Å². The molecule has 1 aliphatic carbocycles. The van der Waals surface area contributed by atoms with Gasteiger partial charge in [-0.05, 0) is 44.2 Å². The maximum atomic E-state index is 11.1. The number of aliphatic hydroxyl groups is 1. The molecule has 0 saturated heterocycles. The molecule has 0 aliphatic heterocycles. The minimum Gasteiger partial charge on any atom is -0.396 e. The number of aliphatic imine (C=N–C) groups is 1. The van der Waals surface area contributed by atoms with Crippen molar-refractivity contribution in [2.75, 3.05) is 24.6 Å². The zero-order valence-corrected chi connectivity index (χ0v) is 14.6. The molecular weight excluding hydrogens is 326 g/mol. The van der Waals surface area contributed by atoms with Gasteiger partial charge in [-0.1, -0.05) is 17.2 Å². The highest BCUT2D eigenvalue weighted by Gasteiger charge is 2.24. The Kier molecular flexibility index (Phi) is 6.17. The van der Waals surface area contributed by atoms with Crippen LogP contribution in [0.4, 0.5) is 11.4 Å². The third-order valence-corrected chi connectivity index (χ3v) is 4.45. The summed E-state index contributed by atoms with van der Waals surface area (Å²) in [5, 5.41) is 9.41. The highest BCUT2D eigenvalue weighted by molar-refractivity contribution is 6.35. The molecule has 1 unspecified atom stereocenters. The van der Waals surface area contributed by atoms with Gasteiger partial charge < -0.3 is 20.5 Å². The lowest BCUT2D eigenvalue weighted by Gasteiger charge is -2.22. The number of carbonyl (C=O) groups is 1. The maximum absolute atomic E-state index is 11.1. The van der Waals surface area contributed by atoms with Crippen LogP contribution in [0.3, 0.4) is 0 Å². The van der Waals surface area contributed by atoms with Crippen molar-refractivity contribution in [3.8, 4) is 0 Å². The van der Waals surface area contributed by atoms with E-state index < -0.39 is 5.92 Å². The van der Waals surface area contributed by atoms with Crippen molar-refractivity contribution in [2.45, 2.75) is 13.8 Å². The van der Waals surface area contributed by atoms with Crippen LogP contribution >= 0.6 is 11.6 Å². The average Bonchev–Trinajstić information content (AvgIpc) is 2.58. The van der Waals surface area contributed by atoms with Gasteiger partial charge in [-0.25, -0.2) is 4.99 Å². The fraction of sp³-hybridized carbons (Fsp3) is 0.333. The van der Waals surface area contributed by atoms with E-state index in [0.29, 0.717) is 23.0 Å². The number of allylic oxidation sites excluding steroid dienone is 3. The second-order valence-corrected chi connectivity index (χ2v) is 5.99. The van der Waals surface area contributed by atoms with Crippen molar-refractivity contribution in [3.05, 3.63) is 46.6 Å². The Labute approximate surface area is 147 Å². The number of hydrogen-bond donors (Lipinski definition) is 2. The van der Waals surface area contributed by atoms with E-state index in [1.807, 2.05) is 38.1 Å². The summed E-state index contributed by atoms with van der Waals surface area (Å²) in [6.07, 6.45) is 2.57. The fourth-order valence-electron chi connectivity index (χ4n) is 2.60. The topological polar surface area (TPSA) is 78.9 Å². The van der Waals surface area contributed by atoms with E-state index in [1.54, 1.807) is 6.08 Å². The Morgan fingerprint density at radius 3 is 2.58 bits per heavy atom. The van der Waals surface area contributed by atoms with E-state index in [2.05, 4.69) is 9.89 Å². The first-order valence-electron chi connectivity index (χ1n) is 7.85. The van der Waals surface area contributed by atoms with E-state index in [0.717, 1.165) is 29.8 Å². The van der Waals surface area contributed by atoms with Gasteiger partial charge in [0.2, 0.25) is 0 Å². The van der Waals surface area contributed by atoms with Crippen LogP contribution < -0.4 is 10.6 Å². The lowest BCUT2D eigenvalue weighted by molar-refractivity contribution is -0.109. The fourth-order valence-corrected chi connectivity index (χ4v) is 2.92. The quantitative estimate of drug-likeness (QED) is 0.775. The Morgan fingerprint density at radius 1 is 1.38 bits per heavy atom. The van der Waals surface area contributed by atoms with Gasteiger partial charge in [-0.15, -0.1) is 0 Å². The van der Waals surface area contributed by atoms with Gasteiger partial charge in [0.25, 0.3) is 0 Å². The molecule has 0 bridgehead atoms. The predicted octanol–water partition coefficient (Wildman–Crippen LogP) is 2.76. The molecule has 0 spiro atoms. The molecule has 0 amide bonds. The van der Waals surface area contributed by atoms with Crippen molar-refractivity contribution in [1.29, 1.82) is 0 Å². The lowest BCUT2D eigenvalue weighted by Crippen LogP contribution is -2.25. The van der Waals surface area contributed by atoms with Crippen LogP contribution in [0.5, 0.6) is 0 Å². The standard InChI is InChI=1S/C18H22ClN3O2/c1-3-22(8-9-23)14-6-4-13(5-7-14)21-16-10-12(2)15(11-24)17(19)18(16)20/h4-7,10-11,15,23H,3,8-9,20H2,1-2H3. The second kappa shape index (κ2) is 8.13. The van der Waals surface area contributed by atoms with Gasteiger partial charge in [0.05, 0.1) is 34.7 Å². The Bertz CT molecular complexity index is 693. The summed E-state index contributed by atoms with van der Waals surface area (Å²) in [4.78, 5) is 17.7. The third-order valence-electron chi connectivity index (χ3n) is 4.01. The van der Waals surface area contributed by atoms with Gasteiger partial charge in [-0.3, -0.25) is 0 Å². The molecule has 2 rings (SSSR count). The zero-order valence-electron chi connectivity index (χ0n) is 13.9. The lowest BCUT2D eigenvalue weighted by atomic mass is 9.93. The number of nitrogens with zero attached hydrogens (tertiary/aromatic N) is 2. The van der Waals surface area contributed by atoms with Crippen molar-refractivity contribution < 1.29 is 9.90 Å². The molecule has 0 aromatic heterocycles. The molecule has 128 valence electrons. The van der Waals surface area contributed by atoms with Gasteiger partial charge >= 0.3 is 0 Å². The first-order valence-corrected chi connectivity index (χ1v) is 8.23. The molecule has 0 fully saturated rings. The second-order valence-electron chi connectivity index (χ2n) is 5.58. The number of aliphatic hydroxyl groups excluding tert-OH is 1. The van der Waals surface area contributed by atoms with Crippen molar-refractivity contribution in [1.82, 2.24) is 0 Å². The number of nitrogens with two attached hydrogens (primary N) is 1. The van der Waals surface area contributed by atoms with Crippen molar-refractivity contribution >= 4 is 35.0 Å². The average molecular weight is 348 g/mol. The summed E-state index contributed by atoms with van der Waals surface area (Å²) in [6, 6.07) is 7.68. The Balaban J connectivity index is 2.28. The number of anilines is 1. The molecule has 1 aliphatic rings. The Hall–Kier alpha value is -2.11. The molecule has 1 aromatic rings. The normalized spacial score (nSPS) is 19.4. The van der Waals surface area contributed by atoms with Gasteiger partial charge in [0.15, 0.2) is 0 Å². The molecule has 0 heterocycles. The predicted molar refractivity (Wildman–Crippen MR) is 98.9 cm³/mol. The van der Waals surface area contributed by atoms with Crippen LogP contribution in [0.1, 0.15) is 13.8 Å². The largest absolute Gasteiger partial charge is 0.396 e. The van der Waals surface area contributed by atoms with Gasteiger partial charge in [-0.2, -0.15) is 0 Å². The van der Waals surface area contributed by atoms with E-state index in [9.17, 15) is 4.79 Å². The Morgan fingerprint density at radius 2 is 2.04 bits per heavy atom. The highest BCUT2D eigenvalue weighted by atomic mass is 35.5. The SMILES string of the molecule is CCN(CCO)c1ccc(N=C2C=C(C)C(C=O)C(Cl)=C2N)cc1. The monoisotopic (exact) mass is 347 g/mol. The van der Waals surface area contributed by atoms with Crippen LogP contribution in [0.2, 0.25) is 0 Å². The van der Waals surface area contributed by atoms with Crippen LogP contribution in [0.15, 0.2) is 51.6 Å². The summed E-state index contributed by atoms with van der Waals surface area (Å²) >= 11 is 6.18. The van der Waals surface area contributed by atoms with E-state index >= 15 is 0 Å². The summed E-state index contributed by atoms with van der Waals surface area (Å²) in [5.74, 6) is -0.482. The first-order chi connectivity index (χ1) is 11.5. The summed E-state index contributed by atoms with van der Waals surface area (Å²) in [7, 11) is 0. The third kappa shape index (κ3) is 3.86. The van der Waals surface area contributed by atoms with Gasteiger partial charge in [0, 0.05) is 18.8 Å². The number of halogens is 1. The molecule has 1 aromatic carbocycles. The van der Waals surface area contributed by atoms with E-state index in [-0.39, 0.29) is 6.61 Å². The van der Waals surface area contributed by atoms with E-state index in [1.165, 1.54) is 0 Å². The van der Waals surface area contributed by atoms with Crippen LogP contribution in [-0.2, 0) is 4.79 Å². The van der Waals surface area contributed by atoms with Crippen LogP contribution in [-0.4, -0.2) is 36.8 Å². The molecule has 1 atom stereocenters. The minimum atomic E-state index is -0.482. The maximum Gasteiger partial charge on any atom is 0.132 e. The molecule has 0 radical (unpaired) electrons. The molecule has 5 nitrogen and oxygen atoms in total.